The zero-order chi connectivity index (χ0) is 14.2. The lowest BCUT2D eigenvalue weighted by atomic mass is 10.1. The summed E-state index contributed by atoms with van der Waals surface area (Å²) in [5, 5.41) is 8.75. The van der Waals surface area contributed by atoms with E-state index < -0.39 is 29.9 Å². The second-order valence-corrected chi connectivity index (χ2v) is 5.32. The fourth-order valence-electron chi connectivity index (χ4n) is 1.98. The molecule has 102 valence electrons. The Kier molecular flexibility index (Phi) is 3.58. The van der Waals surface area contributed by atoms with Crippen LogP contribution in [0.1, 0.15) is 16.8 Å². The number of likely N-dealkylation sites (tertiary alicyclic amines) is 1. The van der Waals surface area contributed by atoms with E-state index in [9.17, 15) is 18.4 Å². The molecule has 1 saturated heterocycles. The van der Waals surface area contributed by atoms with Crippen molar-refractivity contribution in [3.05, 3.63) is 34.1 Å². The van der Waals surface area contributed by atoms with Crippen LogP contribution < -0.4 is 0 Å². The fourth-order valence-corrected chi connectivity index (χ4v) is 2.45. The molecule has 0 aliphatic carbocycles. The molecule has 0 bridgehead atoms. The maximum Gasteiger partial charge on any atom is 0.343 e. The number of nitrogens with zero attached hydrogens (tertiary/aromatic N) is 1. The molecule has 1 unspecified atom stereocenters. The molecule has 0 aromatic heterocycles. The third kappa shape index (κ3) is 2.75. The summed E-state index contributed by atoms with van der Waals surface area (Å²) < 4.78 is 27.4. The molecule has 1 fully saturated rings. The average molecular weight is 334 g/mol. The Balaban J connectivity index is 2.20. The van der Waals surface area contributed by atoms with Crippen molar-refractivity contribution in [1.29, 1.82) is 0 Å². The maximum atomic E-state index is 13.8. The lowest BCUT2D eigenvalue weighted by Gasteiger charge is -2.17. The zero-order valence-corrected chi connectivity index (χ0v) is 11.3. The first kappa shape index (κ1) is 13.9. The van der Waals surface area contributed by atoms with Crippen molar-refractivity contribution >= 4 is 27.8 Å². The Morgan fingerprint density at radius 3 is 2.58 bits per heavy atom. The molecule has 4 nitrogen and oxygen atoms in total. The summed E-state index contributed by atoms with van der Waals surface area (Å²) in [4.78, 5) is 23.9. The first-order chi connectivity index (χ1) is 8.82. The number of benzene rings is 1. The number of carbonyl (C=O) groups excluding carboxylic acids is 1. The van der Waals surface area contributed by atoms with Crippen molar-refractivity contribution in [2.45, 2.75) is 12.1 Å². The number of carboxylic acid groups (broad SMARTS) is 1. The molecule has 1 amide bonds. The molecule has 0 saturated carbocycles. The van der Waals surface area contributed by atoms with E-state index in [0.717, 1.165) is 11.0 Å². The Labute approximate surface area is 116 Å². The third-order valence-corrected chi connectivity index (χ3v) is 3.46. The van der Waals surface area contributed by atoms with Gasteiger partial charge in [-0.15, -0.1) is 0 Å². The molecule has 1 aliphatic rings. The molecular formula is C12H10BrF2NO3. The first-order valence-electron chi connectivity index (χ1n) is 5.49. The predicted octanol–water partition coefficient (Wildman–Crippen LogP) is 2.23. The standard InChI is InChI=1S/C12H10BrF2NO3/c13-8-3-7(4-9(14)5-8)10(17)16-2-1-12(15,6-16)11(18)19/h3-5H,1-2,6H2,(H,18,19). The van der Waals surface area contributed by atoms with E-state index in [1.807, 2.05) is 0 Å². The van der Waals surface area contributed by atoms with Crippen LogP contribution >= 0.6 is 15.9 Å². The van der Waals surface area contributed by atoms with Crippen LogP contribution in [0.2, 0.25) is 0 Å². The maximum absolute atomic E-state index is 13.8. The fraction of sp³-hybridized carbons (Fsp3) is 0.333. The van der Waals surface area contributed by atoms with Gasteiger partial charge in [-0.3, -0.25) is 4.79 Å². The molecule has 1 aliphatic heterocycles. The average Bonchev–Trinajstić information content (AvgIpc) is 2.71. The van der Waals surface area contributed by atoms with E-state index in [2.05, 4.69) is 15.9 Å². The van der Waals surface area contributed by atoms with E-state index in [0.29, 0.717) is 4.47 Å². The van der Waals surface area contributed by atoms with Gasteiger partial charge in [-0.1, -0.05) is 15.9 Å². The number of alkyl halides is 1. The molecule has 1 aromatic rings. The molecule has 1 heterocycles. The molecule has 2 rings (SSSR count). The highest BCUT2D eigenvalue weighted by Crippen LogP contribution is 2.27. The van der Waals surface area contributed by atoms with Gasteiger partial charge in [-0.2, -0.15) is 0 Å². The largest absolute Gasteiger partial charge is 0.479 e. The Bertz CT molecular complexity index is 532. The molecule has 1 atom stereocenters. The van der Waals surface area contributed by atoms with Crippen LogP contribution in [-0.4, -0.2) is 40.6 Å². The normalized spacial score (nSPS) is 22.6. The number of carboxylic acids is 1. The summed E-state index contributed by atoms with van der Waals surface area (Å²) in [6, 6.07) is 3.63. The number of hydrogen-bond donors (Lipinski definition) is 1. The summed E-state index contributed by atoms with van der Waals surface area (Å²) in [5.74, 6) is -2.76. The minimum atomic E-state index is -2.42. The third-order valence-electron chi connectivity index (χ3n) is 3.00. The number of halogens is 3. The molecule has 0 radical (unpaired) electrons. The number of rotatable bonds is 2. The van der Waals surface area contributed by atoms with Gasteiger partial charge in [0, 0.05) is 23.0 Å². The van der Waals surface area contributed by atoms with E-state index in [-0.39, 0.29) is 18.5 Å². The van der Waals surface area contributed by atoms with Crippen LogP contribution in [0, 0.1) is 5.82 Å². The quantitative estimate of drug-likeness (QED) is 0.902. The van der Waals surface area contributed by atoms with Crippen LogP contribution in [0.5, 0.6) is 0 Å². The van der Waals surface area contributed by atoms with E-state index in [1.54, 1.807) is 0 Å². The van der Waals surface area contributed by atoms with Gasteiger partial charge in [0.25, 0.3) is 5.91 Å². The van der Waals surface area contributed by atoms with Crippen LogP contribution in [0.4, 0.5) is 8.78 Å². The summed E-state index contributed by atoms with van der Waals surface area (Å²) in [7, 11) is 0. The van der Waals surface area contributed by atoms with Crippen molar-refractivity contribution < 1.29 is 23.5 Å². The zero-order valence-electron chi connectivity index (χ0n) is 9.70. The van der Waals surface area contributed by atoms with Gasteiger partial charge in [0.2, 0.25) is 5.67 Å². The summed E-state index contributed by atoms with van der Waals surface area (Å²) in [5.41, 5.74) is -2.36. The predicted molar refractivity (Wildman–Crippen MR) is 66.1 cm³/mol. The lowest BCUT2D eigenvalue weighted by Crippen LogP contribution is -2.38. The van der Waals surface area contributed by atoms with Crippen LogP contribution in [0.15, 0.2) is 22.7 Å². The second kappa shape index (κ2) is 4.88. The first-order valence-corrected chi connectivity index (χ1v) is 6.29. The lowest BCUT2D eigenvalue weighted by molar-refractivity contribution is -0.149. The summed E-state index contributed by atoms with van der Waals surface area (Å²) in [6.07, 6.45) is -0.259. The van der Waals surface area contributed by atoms with Crippen molar-refractivity contribution in [1.82, 2.24) is 4.90 Å². The van der Waals surface area contributed by atoms with Crippen LogP contribution in [-0.2, 0) is 4.79 Å². The SMILES string of the molecule is O=C(c1cc(F)cc(Br)c1)N1CCC(F)(C(=O)O)C1. The number of hydrogen-bond acceptors (Lipinski definition) is 2. The van der Waals surface area contributed by atoms with Crippen LogP contribution in [0.25, 0.3) is 0 Å². The highest BCUT2D eigenvalue weighted by molar-refractivity contribution is 9.10. The van der Waals surface area contributed by atoms with Gasteiger partial charge in [-0.05, 0) is 18.2 Å². The van der Waals surface area contributed by atoms with E-state index in [1.165, 1.54) is 12.1 Å². The monoisotopic (exact) mass is 333 g/mol. The summed E-state index contributed by atoms with van der Waals surface area (Å²) in [6.45, 7) is -0.523. The van der Waals surface area contributed by atoms with Crippen molar-refractivity contribution in [2.75, 3.05) is 13.1 Å². The van der Waals surface area contributed by atoms with Gasteiger partial charge in [0.15, 0.2) is 0 Å². The van der Waals surface area contributed by atoms with Crippen molar-refractivity contribution in [3.63, 3.8) is 0 Å². The Morgan fingerprint density at radius 2 is 2.05 bits per heavy atom. The second-order valence-electron chi connectivity index (χ2n) is 4.41. The van der Waals surface area contributed by atoms with Gasteiger partial charge in [0.1, 0.15) is 5.82 Å². The van der Waals surface area contributed by atoms with Gasteiger partial charge < -0.3 is 10.0 Å². The Morgan fingerprint density at radius 1 is 1.37 bits per heavy atom. The van der Waals surface area contributed by atoms with Crippen molar-refractivity contribution in [3.8, 4) is 0 Å². The molecule has 7 heteroatoms. The molecule has 1 aromatic carbocycles. The molecular weight excluding hydrogens is 324 g/mol. The minimum absolute atomic E-state index is 0.00420. The minimum Gasteiger partial charge on any atom is -0.479 e. The number of amides is 1. The van der Waals surface area contributed by atoms with E-state index >= 15 is 0 Å². The van der Waals surface area contributed by atoms with Crippen LogP contribution in [0.3, 0.4) is 0 Å². The van der Waals surface area contributed by atoms with Crippen molar-refractivity contribution in [2.24, 2.45) is 0 Å². The molecule has 1 N–H and O–H groups in total. The van der Waals surface area contributed by atoms with Gasteiger partial charge in [-0.25, -0.2) is 13.6 Å². The number of carbonyl (C=O) groups is 2. The van der Waals surface area contributed by atoms with E-state index in [4.69, 9.17) is 5.11 Å². The highest BCUT2D eigenvalue weighted by Gasteiger charge is 2.47. The smallest absolute Gasteiger partial charge is 0.343 e. The topological polar surface area (TPSA) is 57.6 Å². The number of aliphatic carboxylic acids is 1. The molecule has 0 spiro atoms. The highest BCUT2D eigenvalue weighted by atomic mass is 79.9. The summed E-state index contributed by atoms with van der Waals surface area (Å²) >= 11 is 3.06. The van der Waals surface area contributed by atoms with Gasteiger partial charge in [0.05, 0.1) is 6.54 Å². The molecule has 19 heavy (non-hydrogen) atoms. The van der Waals surface area contributed by atoms with Gasteiger partial charge >= 0.3 is 5.97 Å². The Hall–Kier alpha value is -1.50.